The molecule has 0 unspecified atom stereocenters. The van der Waals surface area contributed by atoms with Crippen molar-refractivity contribution in [2.24, 2.45) is 0 Å². The number of aliphatic hydroxyl groups is 1. The number of likely N-dealkylation sites (N-methyl/N-ethyl adjacent to an activating group) is 1. The van der Waals surface area contributed by atoms with Gasteiger partial charge in [0.25, 0.3) is 5.91 Å². The largest absolute Gasteiger partial charge is 0.416 e. The highest BCUT2D eigenvalue weighted by atomic mass is 19.4. The second kappa shape index (κ2) is 5.41. The SMILES string of the molecule is CN(C(=O)c1cccc(C(F)(F)F)c1)[C@@H]1CNC[C@H]1O. The van der Waals surface area contributed by atoms with Crippen LogP contribution in [0, 0.1) is 0 Å². The topological polar surface area (TPSA) is 52.6 Å². The molecule has 1 aromatic rings. The van der Waals surface area contributed by atoms with Crippen LogP contribution in [0.4, 0.5) is 13.2 Å². The molecule has 0 aliphatic carbocycles. The van der Waals surface area contributed by atoms with Crippen LogP contribution < -0.4 is 5.32 Å². The molecule has 2 rings (SSSR count). The van der Waals surface area contributed by atoms with E-state index in [2.05, 4.69) is 5.32 Å². The quantitative estimate of drug-likeness (QED) is 0.857. The van der Waals surface area contributed by atoms with E-state index in [0.29, 0.717) is 13.1 Å². The van der Waals surface area contributed by atoms with Crippen LogP contribution >= 0.6 is 0 Å². The molecule has 0 saturated carbocycles. The third kappa shape index (κ3) is 2.94. The van der Waals surface area contributed by atoms with E-state index < -0.39 is 29.8 Å². The van der Waals surface area contributed by atoms with E-state index >= 15 is 0 Å². The zero-order chi connectivity index (χ0) is 14.9. The van der Waals surface area contributed by atoms with Crippen LogP contribution in [0.5, 0.6) is 0 Å². The lowest BCUT2D eigenvalue weighted by Crippen LogP contribution is -2.44. The van der Waals surface area contributed by atoms with Gasteiger partial charge < -0.3 is 15.3 Å². The number of hydrogen-bond donors (Lipinski definition) is 2. The maximum absolute atomic E-state index is 12.6. The zero-order valence-corrected chi connectivity index (χ0v) is 10.8. The number of nitrogens with one attached hydrogen (secondary N) is 1. The van der Waals surface area contributed by atoms with Gasteiger partial charge in [-0.2, -0.15) is 13.2 Å². The molecule has 1 aliphatic heterocycles. The van der Waals surface area contributed by atoms with E-state index in [1.54, 1.807) is 0 Å². The molecule has 1 aromatic carbocycles. The van der Waals surface area contributed by atoms with Crippen molar-refractivity contribution in [2.45, 2.75) is 18.3 Å². The van der Waals surface area contributed by atoms with E-state index in [4.69, 9.17) is 0 Å². The van der Waals surface area contributed by atoms with Gasteiger partial charge in [0.15, 0.2) is 0 Å². The number of β-amino-alcohol motifs (C(OH)–C–C–N with tert-alkyl or cyclic N) is 1. The summed E-state index contributed by atoms with van der Waals surface area (Å²) in [5.41, 5.74) is -0.900. The predicted molar refractivity (Wildman–Crippen MR) is 66.2 cm³/mol. The van der Waals surface area contributed by atoms with Crippen molar-refractivity contribution in [1.82, 2.24) is 10.2 Å². The fraction of sp³-hybridized carbons (Fsp3) is 0.462. The molecule has 1 fully saturated rings. The second-order valence-corrected chi connectivity index (χ2v) is 4.79. The average molecular weight is 288 g/mol. The van der Waals surface area contributed by atoms with Crippen molar-refractivity contribution >= 4 is 5.91 Å². The minimum Gasteiger partial charge on any atom is -0.390 e. The lowest BCUT2D eigenvalue weighted by Gasteiger charge is -2.26. The normalized spacial score (nSPS) is 22.9. The molecule has 110 valence electrons. The monoisotopic (exact) mass is 288 g/mol. The average Bonchev–Trinajstić information content (AvgIpc) is 2.82. The molecular formula is C13H15F3N2O2. The molecule has 1 amide bonds. The van der Waals surface area contributed by atoms with Crippen LogP contribution in [-0.4, -0.2) is 48.2 Å². The number of carbonyl (C=O) groups is 1. The highest BCUT2D eigenvalue weighted by Crippen LogP contribution is 2.29. The van der Waals surface area contributed by atoms with Crippen molar-refractivity contribution in [1.29, 1.82) is 0 Å². The summed E-state index contributed by atoms with van der Waals surface area (Å²) in [5, 5.41) is 12.6. The Morgan fingerprint density at radius 3 is 2.65 bits per heavy atom. The Labute approximate surface area is 114 Å². The van der Waals surface area contributed by atoms with Gasteiger partial charge in [-0.05, 0) is 18.2 Å². The van der Waals surface area contributed by atoms with Crippen LogP contribution in [0.3, 0.4) is 0 Å². The fourth-order valence-electron chi connectivity index (χ4n) is 2.23. The van der Waals surface area contributed by atoms with Crippen molar-refractivity contribution in [3.8, 4) is 0 Å². The van der Waals surface area contributed by atoms with Crippen molar-refractivity contribution in [2.75, 3.05) is 20.1 Å². The molecule has 7 heteroatoms. The van der Waals surface area contributed by atoms with E-state index in [0.717, 1.165) is 12.1 Å². The molecule has 1 aliphatic rings. The van der Waals surface area contributed by atoms with Gasteiger partial charge in [0.1, 0.15) is 0 Å². The summed E-state index contributed by atoms with van der Waals surface area (Å²) in [7, 11) is 1.48. The van der Waals surface area contributed by atoms with E-state index in [9.17, 15) is 23.1 Å². The first-order valence-electron chi connectivity index (χ1n) is 6.14. The van der Waals surface area contributed by atoms with Crippen LogP contribution in [0.1, 0.15) is 15.9 Å². The van der Waals surface area contributed by atoms with E-state index in [1.165, 1.54) is 24.1 Å². The number of aliphatic hydroxyl groups excluding tert-OH is 1. The zero-order valence-electron chi connectivity index (χ0n) is 10.8. The lowest BCUT2D eigenvalue weighted by atomic mass is 10.1. The van der Waals surface area contributed by atoms with Gasteiger partial charge in [0, 0.05) is 25.7 Å². The molecule has 0 aromatic heterocycles. The van der Waals surface area contributed by atoms with E-state index in [-0.39, 0.29) is 5.56 Å². The molecule has 4 nitrogen and oxygen atoms in total. The number of halogens is 3. The molecule has 0 radical (unpaired) electrons. The van der Waals surface area contributed by atoms with Gasteiger partial charge in [-0.1, -0.05) is 6.07 Å². The summed E-state index contributed by atoms with van der Waals surface area (Å²) in [5.74, 6) is -0.538. The second-order valence-electron chi connectivity index (χ2n) is 4.79. The Morgan fingerprint density at radius 1 is 1.40 bits per heavy atom. The minimum absolute atomic E-state index is 0.0403. The number of amides is 1. The van der Waals surface area contributed by atoms with Crippen LogP contribution in [0.25, 0.3) is 0 Å². The number of rotatable bonds is 2. The van der Waals surface area contributed by atoms with Crippen molar-refractivity contribution in [3.05, 3.63) is 35.4 Å². The third-order valence-electron chi connectivity index (χ3n) is 3.41. The smallest absolute Gasteiger partial charge is 0.390 e. The first-order valence-corrected chi connectivity index (χ1v) is 6.14. The first kappa shape index (κ1) is 14.8. The summed E-state index contributed by atoms with van der Waals surface area (Å²) in [6, 6.07) is 3.85. The molecule has 0 spiro atoms. The Bertz CT molecular complexity index is 505. The third-order valence-corrected chi connectivity index (χ3v) is 3.41. The molecule has 0 bridgehead atoms. The predicted octanol–water partition coefficient (Wildman–Crippen LogP) is 1.11. The maximum atomic E-state index is 12.6. The van der Waals surface area contributed by atoms with Crippen LogP contribution in [0.15, 0.2) is 24.3 Å². The Balaban J connectivity index is 2.21. The number of nitrogens with zero attached hydrogens (tertiary/aromatic N) is 1. The summed E-state index contributed by atoms with van der Waals surface area (Å²) in [6.07, 6.45) is -5.20. The van der Waals surface area contributed by atoms with Gasteiger partial charge in [-0.25, -0.2) is 0 Å². The fourth-order valence-corrected chi connectivity index (χ4v) is 2.23. The Morgan fingerprint density at radius 2 is 2.10 bits per heavy atom. The molecule has 1 heterocycles. The number of carbonyl (C=O) groups excluding carboxylic acids is 1. The summed E-state index contributed by atoms with van der Waals surface area (Å²) in [4.78, 5) is 13.5. The van der Waals surface area contributed by atoms with Gasteiger partial charge in [-0.15, -0.1) is 0 Å². The highest BCUT2D eigenvalue weighted by molar-refractivity contribution is 5.94. The van der Waals surface area contributed by atoms with Gasteiger partial charge in [0.05, 0.1) is 17.7 Å². The standard InChI is InChI=1S/C13H15F3N2O2/c1-18(10-6-17-7-11(10)19)12(20)8-3-2-4-9(5-8)13(14,15)16/h2-5,10-11,17,19H,6-7H2,1H3/t10-,11-/m1/s1. The minimum atomic E-state index is -4.48. The first-order chi connectivity index (χ1) is 9.30. The lowest BCUT2D eigenvalue weighted by molar-refractivity contribution is -0.137. The Hall–Kier alpha value is -1.60. The van der Waals surface area contributed by atoms with E-state index in [1.807, 2.05) is 0 Å². The van der Waals surface area contributed by atoms with Crippen LogP contribution in [-0.2, 0) is 6.18 Å². The molecule has 2 N–H and O–H groups in total. The summed E-state index contributed by atoms with van der Waals surface area (Å²) >= 11 is 0. The van der Waals surface area contributed by atoms with Crippen LogP contribution in [0.2, 0.25) is 0 Å². The molecule has 20 heavy (non-hydrogen) atoms. The van der Waals surface area contributed by atoms with Gasteiger partial charge in [0.2, 0.25) is 0 Å². The molecule has 2 atom stereocenters. The number of alkyl halides is 3. The summed E-state index contributed by atoms with van der Waals surface area (Å²) < 4.78 is 37.9. The van der Waals surface area contributed by atoms with Gasteiger partial charge in [-0.3, -0.25) is 4.79 Å². The highest BCUT2D eigenvalue weighted by Gasteiger charge is 2.34. The maximum Gasteiger partial charge on any atom is 0.416 e. The molecular weight excluding hydrogens is 273 g/mol. The van der Waals surface area contributed by atoms with Gasteiger partial charge >= 0.3 is 6.18 Å². The Kier molecular flexibility index (Phi) is 4.01. The number of benzene rings is 1. The summed E-state index contributed by atoms with van der Waals surface area (Å²) in [6.45, 7) is 0.785. The van der Waals surface area contributed by atoms with Crippen molar-refractivity contribution in [3.63, 3.8) is 0 Å². The number of hydrogen-bond acceptors (Lipinski definition) is 3. The van der Waals surface area contributed by atoms with Crippen molar-refractivity contribution < 1.29 is 23.1 Å². The molecule has 1 saturated heterocycles.